The third-order valence-electron chi connectivity index (χ3n) is 3.08. The maximum Gasteiger partial charge on any atom is 0.257 e. The number of carbonyl (C=O) groups excluding carboxylic acids is 1. The highest BCUT2D eigenvalue weighted by molar-refractivity contribution is 6.30. The predicted octanol–water partition coefficient (Wildman–Crippen LogP) is 3.39. The molecule has 2 aromatic rings. The molecule has 110 valence electrons. The molecule has 2 aromatic carbocycles. The summed E-state index contributed by atoms with van der Waals surface area (Å²) in [6, 6.07) is 15.3. The van der Waals surface area contributed by atoms with Crippen LogP contribution in [0.25, 0.3) is 0 Å². The molecule has 0 aliphatic rings. The van der Waals surface area contributed by atoms with E-state index in [4.69, 9.17) is 16.3 Å². The zero-order valence-corrected chi connectivity index (χ0v) is 12.7. The van der Waals surface area contributed by atoms with Crippen molar-refractivity contribution in [2.24, 2.45) is 0 Å². The number of ether oxygens (including phenoxy) is 1. The Morgan fingerprint density at radius 3 is 2.76 bits per heavy atom. The number of nitrogens with one attached hydrogen (secondary N) is 1. The number of benzene rings is 2. The van der Waals surface area contributed by atoms with E-state index in [0.29, 0.717) is 11.6 Å². The molecule has 21 heavy (non-hydrogen) atoms. The highest BCUT2D eigenvalue weighted by Crippen LogP contribution is 2.15. The van der Waals surface area contributed by atoms with Gasteiger partial charge in [-0.1, -0.05) is 41.9 Å². The number of aryl methyl sites for hydroxylation is 1. The van der Waals surface area contributed by atoms with Gasteiger partial charge in [-0.25, -0.2) is 0 Å². The summed E-state index contributed by atoms with van der Waals surface area (Å²) in [5.41, 5.74) is 2.12. The zero-order valence-electron chi connectivity index (χ0n) is 11.9. The Kier molecular flexibility index (Phi) is 5.64. The predicted molar refractivity (Wildman–Crippen MR) is 84.8 cm³/mol. The van der Waals surface area contributed by atoms with Crippen molar-refractivity contribution in [3.63, 3.8) is 0 Å². The minimum Gasteiger partial charge on any atom is -0.484 e. The fraction of sp³-hybridized carbons (Fsp3) is 0.235. The van der Waals surface area contributed by atoms with E-state index < -0.39 is 0 Å². The molecular formula is C17H18ClNO2. The van der Waals surface area contributed by atoms with Crippen molar-refractivity contribution < 1.29 is 9.53 Å². The molecule has 0 aliphatic heterocycles. The molecule has 0 atom stereocenters. The minimum absolute atomic E-state index is 0.0282. The van der Waals surface area contributed by atoms with Gasteiger partial charge in [-0.2, -0.15) is 0 Å². The van der Waals surface area contributed by atoms with Gasteiger partial charge in [0.1, 0.15) is 5.75 Å². The van der Waals surface area contributed by atoms with E-state index in [1.807, 2.05) is 55.5 Å². The van der Waals surface area contributed by atoms with Gasteiger partial charge in [0.2, 0.25) is 0 Å². The molecule has 0 bridgehead atoms. The van der Waals surface area contributed by atoms with E-state index >= 15 is 0 Å². The number of halogens is 1. The van der Waals surface area contributed by atoms with Crippen LogP contribution in [0.2, 0.25) is 5.02 Å². The van der Waals surface area contributed by atoms with Crippen LogP contribution >= 0.6 is 11.6 Å². The van der Waals surface area contributed by atoms with E-state index in [-0.39, 0.29) is 12.5 Å². The van der Waals surface area contributed by atoms with Crippen molar-refractivity contribution in [3.05, 3.63) is 64.7 Å². The summed E-state index contributed by atoms with van der Waals surface area (Å²) < 4.78 is 5.49. The quantitative estimate of drug-likeness (QED) is 0.888. The molecule has 0 aliphatic carbocycles. The van der Waals surface area contributed by atoms with Gasteiger partial charge in [-0.05, 0) is 42.7 Å². The lowest BCUT2D eigenvalue weighted by Crippen LogP contribution is -2.30. The van der Waals surface area contributed by atoms with E-state index in [1.54, 1.807) is 0 Å². The molecule has 0 heterocycles. The monoisotopic (exact) mass is 303 g/mol. The van der Waals surface area contributed by atoms with E-state index in [0.717, 1.165) is 23.3 Å². The Morgan fingerprint density at radius 2 is 2.00 bits per heavy atom. The van der Waals surface area contributed by atoms with E-state index in [9.17, 15) is 4.79 Å². The minimum atomic E-state index is -0.125. The van der Waals surface area contributed by atoms with Crippen LogP contribution in [0.4, 0.5) is 0 Å². The molecule has 0 aromatic heterocycles. The second kappa shape index (κ2) is 7.70. The molecule has 1 N–H and O–H groups in total. The molecule has 0 saturated carbocycles. The maximum atomic E-state index is 11.7. The van der Waals surface area contributed by atoms with Gasteiger partial charge in [-0.3, -0.25) is 4.79 Å². The van der Waals surface area contributed by atoms with Crippen molar-refractivity contribution in [2.45, 2.75) is 13.3 Å². The Bertz CT molecular complexity index is 613. The highest BCUT2D eigenvalue weighted by atomic mass is 35.5. The van der Waals surface area contributed by atoms with E-state index in [1.165, 1.54) is 0 Å². The molecular weight excluding hydrogens is 286 g/mol. The van der Waals surface area contributed by atoms with Crippen molar-refractivity contribution >= 4 is 17.5 Å². The zero-order chi connectivity index (χ0) is 15.1. The number of rotatable bonds is 6. The lowest BCUT2D eigenvalue weighted by Gasteiger charge is -2.09. The summed E-state index contributed by atoms with van der Waals surface area (Å²) in [4.78, 5) is 11.7. The fourth-order valence-corrected chi connectivity index (χ4v) is 2.16. The molecule has 0 spiro atoms. The van der Waals surface area contributed by atoms with Crippen LogP contribution in [0.5, 0.6) is 5.75 Å². The first kappa shape index (κ1) is 15.4. The van der Waals surface area contributed by atoms with Gasteiger partial charge < -0.3 is 10.1 Å². The molecule has 0 radical (unpaired) electrons. The van der Waals surface area contributed by atoms with Crippen LogP contribution < -0.4 is 10.1 Å². The van der Waals surface area contributed by atoms with Crippen LogP contribution in [0.1, 0.15) is 11.1 Å². The summed E-state index contributed by atoms with van der Waals surface area (Å²) in [7, 11) is 0. The smallest absolute Gasteiger partial charge is 0.257 e. The van der Waals surface area contributed by atoms with Crippen LogP contribution in [-0.4, -0.2) is 19.1 Å². The molecule has 2 rings (SSSR count). The first-order valence-electron chi connectivity index (χ1n) is 6.85. The first-order valence-corrected chi connectivity index (χ1v) is 7.22. The molecule has 0 saturated heterocycles. The summed E-state index contributed by atoms with van der Waals surface area (Å²) >= 11 is 5.91. The van der Waals surface area contributed by atoms with Gasteiger partial charge in [0.25, 0.3) is 5.91 Å². The molecule has 0 unspecified atom stereocenters. The largest absolute Gasteiger partial charge is 0.484 e. The van der Waals surface area contributed by atoms with Gasteiger partial charge in [0.05, 0.1) is 0 Å². The van der Waals surface area contributed by atoms with Crippen molar-refractivity contribution in [1.82, 2.24) is 5.32 Å². The maximum absolute atomic E-state index is 11.7. The van der Waals surface area contributed by atoms with E-state index in [2.05, 4.69) is 5.32 Å². The van der Waals surface area contributed by atoms with Gasteiger partial charge in [0, 0.05) is 11.6 Å². The first-order chi connectivity index (χ1) is 10.1. The number of para-hydroxylation sites is 1. The second-order valence-electron chi connectivity index (χ2n) is 4.78. The Morgan fingerprint density at radius 1 is 1.19 bits per heavy atom. The normalized spacial score (nSPS) is 10.2. The SMILES string of the molecule is Cc1ccccc1OCC(=O)NCCc1cccc(Cl)c1. The van der Waals surface area contributed by atoms with Crippen LogP contribution in [0.3, 0.4) is 0 Å². The van der Waals surface area contributed by atoms with Crippen LogP contribution in [-0.2, 0) is 11.2 Å². The molecule has 0 fully saturated rings. The number of carbonyl (C=O) groups is 1. The summed E-state index contributed by atoms with van der Waals surface area (Å²) in [6.07, 6.45) is 0.747. The van der Waals surface area contributed by atoms with Crippen LogP contribution in [0, 0.1) is 6.92 Å². The molecule has 4 heteroatoms. The second-order valence-corrected chi connectivity index (χ2v) is 5.22. The third kappa shape index (κ3) is 5.12. The average molecular weight is 304 g/mol. The Labute approximate surface area is 129 Å². The summed E-state index contributed by atoms with van der Waals surface area (Å²) in [5.74, 6) is 0.614. The topological polar surface area (TPSA) is 38.3 Å². The molecule has 1 amide bonds. The lowest BCUT2D eigenvalue weighted by atomic mass is 10.1. The standard InChI is InChI=1S/C17H18ClNO2/c1-13-5-2-3-8-16(13)21-12-17(20)19-10-9-14-6-4-7-15(18)11-14/h2-8,11H,9-10,12H2,1H3,(H,19,20). The van der Waals surface area contributed by atoms with Gasteiger partial charge in [-0.15, -0.1) is 0 Å². The highest BCUT2D eigenvalue weighted by Gasteiger charge is 2.04. The fourth-order valence-electron chi connectivity index (χ4n) is 1.95. The molecule has 3 nitrogen and oxygen atoms in total. The third-order valence-corrected chi connectivity index (χ3v) is 3.31. The number of hydrogen-bond donors (Lipinski definition) is 1. The van der Waals surface area contributed by atoms with Gasteiger partial charge >= 0.3 is 0 Å². The number of hydrogen-bond acceptors (Lipinski definition) is 2. The Balaban J connectivity index is 1.72. The summed E-state index contributed by atoms with van der Waals surface area (Å²) in [5, 5.41) is 3.54. The van der Waals surface area contributed by atoms with Crippen LogP contribution in [0.15, 0.2) is 48.5 Å². The lowest BCUT2D eigenvalue weighted by molar-refractivity contribution is -0.123. The number of amides is 1. The van der Waals surface area contributed by atoms with Gasteiger partial charge in [0.15, 0.2) is 6.61 Å². The average Bonchev–Trinajstić information content (AvgIpc) is 2.46. The van der Waals surface area contributed by atoms with Crippen molar-refractivity contribution in [3.8, 4) is 5.75 Å². The Hall–Kier alpha value is -2.00. The van der Waals surface area contributed by atoms with Crippen molar-refractivity contribution in [2.75, 3.05) is 13.2 Å². The summed E-state index contributed by atoms with van der Waals surface area (Å²) in [6.45, 7) is 2.54. The van der Waals surface area contributed by atoms with Crippen molar-refractivity contribution in [1.29, 1.82) is 0 Å².